The van der Waals surface area contributed by atoms with E-state index < -0.39 is 10.1 Å². The molecule has 0 aliphatic carbocycles. The predicted octanol–water partition coefficient (Wildman–Crippen LogP) is 2.96. The summed E-state index contributed by atoms with van der Waals surface area (Å²) < 4.78 is 31.0. The van der Waals surface area contributed by atoms with Gasteiger partial charge in [0.2, 0.25) is 0 Å². The third kappa shape index (κ3) is 3.36. The Labute approximate surface area is 117 Å². The average molecular weight is 293 g/mol. The van der Waals surface area contributed by atoms with Crippen LogP contribution in [0.1, 0.15) is 6.92 Å². The van der Waals surface area contributed by atoms with Crippen LogP contribution in [0.4, 0.5) is 5.69 Å². The van der Waals surface area contributed by atoms with E-state index in [-0.39, 0.29) is 4.90 Å². The molecule has 20 heavy (non-hydrogen) atoms. The summed E-state index contributed by atoms with van der Waals surface area (Å²) in [6.07, 6.45) is 0. The third-order valence-corrected chi connectivity index (χ3v) is 3.58. The summed E-state index contributed by atoms with van der Waals surface area (Å²) in [5.74, 6) is 0. The molecule has 0 aliphatic rings. The van der Waals surface area contributed by atoms with Gasteiger partial charge in [0.1, 0.15) is 0 Å². The van der Waals surface area contributed by atoms with Gasteiger partial charge in [-0.1, -0.05) is 30.3 Å². The molecule has 0 atom stereocenters. The van der Waals surface area contributed by atoms with E-state index in [1.54, 1.807) is 12.1 Å². The Hall–Kier alpha value is -1.89. The van der Waals surface area contributed by atoms with Crippen molar-refractivity contribution in [2.45, 2.75) is 11.8 Å². The zero-order chi connectivity index (χ0) is 14.6. The summed E-state index contributed by atoms with van der Waals surface area (Å²) in [5, 5.41) is 0. The van der Waals surface area contributed by atoms with Crippen LogP contribution in [0.5, 0.6) is 0 Å². The largest absolute Gasteiger partial charge is 0.294 e. The van der Waals surface area contributed by atoms with Crippen molar-refractivity contribution in [1.29, 1.82) is 0 Å². The van der Waals surface area contributed by atoms with Crippen molar-refractivity contribution in [2.24, 2.45) is 0 Å². The molecule has 0 aliphatic heterocycles. The Balaban J connectivity index is 2.37. The molecule has 6 heteroatoms. The molecule has 2 aromatic carbocycles. The number of para-hydroxylation sites is 1. The van der Waals surface area contributed by atoms with E-state index in [1.807, 2.05) is 31.2 Å². The minimum atomic E-state index is -4.17. The minimum absolute atomic E-state index is 0.128. The SMILES string of the molecule is CCONc1ccccc1-c1ccc(S(=O)(=O)O)cc1. The van der Waals surface area contributed by atoms with Gasteiger partial charge in [0.15, 0.2) is 0 Å². The number of hydrogen-bond donors (Lipinski definition) is 2. The van der Waals surface area contributed by atoms with E-state index >= 15 is 0 Å². The lowest BCUT2D eigenvalue weighted by molar-refractivity contribution is 0.210. The molecule has 2 N–H and O–H groups in total. The standard InChI is InChI=1S/C14H15NO4S/c1-2-19-15-14-6-4-3-5-13(14)11-7-9-12(10-8-11)20(16,17)18/h3-10,15H,2H2,1H3,(H,16,17,18). The molecule has 0 fully saturated rings. The molecule has 5 nitrogen and oxygen atoms in total. The number of benzene rings is 2. The molecule has 0 saturated carbocycles. The zero-order valence-electron chi connectivity index (χ0n) is 10.9. The third-order valence-electron chi connectivity index (χ3n) is 2.72. The summed E-state index contributed by atoms with van der Waals surface area (Å²) in [5.41, 5.74) is 5.32. The van der Waals surface area contributed by atoms with E-state index in [1.165, 1.54) is 12.1 Å². The number of anilines is 1. The Bertz CT molecular complexity index is 681. The van der Waals surface area contributed by atoms with E-state index in [4.69, 9.17) is 9.39 Å². The van der Waals surface area contributed by atoms with Crippen LogP contribution in [0, 0.1) is 0 Å². The summed E-state index contributed by atoms with van der Waals surface area (Å²) in [6, 6.07) is 13.5. The first-order chi connectivity index (χ1) is 9.52. The van der Waals surface area contributed by atoms with Gasteiger partial charge in [-0.25, -0.2) is 0 Å². The normalized spacial score (nSPS) is 11.3. The Morgan fingerprint density at radius 2 is 1.75 bits per heavy atom. The summed E-state index contributed by atoms with van der Waals surface area (Å²) >= 11 is 0. The quantitative estimate of drug-likeness (QED) is 0.655. The maximum absolute atomic E-state index is 11.0. The molecular formula is C14H15NO4S. The van der Waals surface area contributed by atoms with Crippen molar-refractivity contribution >= 4 is 15.8 Å². The zero-order valence-corrected chi connectivity index (χ0v) is 11.7. The van der Waals surface area contributed by atoms with Crippen LogP contribution in [0.2, 0.25) is 0 Å². The maximum atomic E-state index is 11.0. The Morgan fingerprint density at radius 1 is 1.10 bits per heavy atom. The van der Waals surface area contributed by atoms with Crippen LogP contribution in [0.25, 0.3) is 11.1 Å². The molecular weight excluding hydrogens is 278 g/mol. The first-order valence-electron chi connectivity index (χ1n) is 6.07. The van der Waals surface area contributed by atoms with E-state index in [9.17, 15) is 8.42 Å². The van der Waals surface area contributed by atoms with Crippen LogP contribution >= 0.6 is 0 Å². The molecule has 2 aromatic rings. The van der Waals surface area contributed by atoms with Gasteiger partial charge in [0.05, 0.1) is 17.2 Å². The van der Waals surface area contributed by atoms with Crippen LogP contribution < -0.4 is 5.48 Å². The van der Waals surface area contributed by atoms with Crippen molar-refractivity contribution in [2.75, 3.05) is 12.1 Å². The first kappa shape index (κ1) is 14.5. The average Bonchev–Trinajstić information content (AvgIpc) is 2.45. The van der Waals surface area contributed by atoms with Crippen molar-refractivity contribution in [1.82, 2.24) is 0 Å². The topological polar surface area (TPSA) is 75.6 Å². The van der Waals surface area contributed by atoms with Crippen LogP contribution in [-0.4, -0.2) is 19.6 Å². The van der Waals surface area contributed by atoms with Crippen LogP contribution in [0.15, 0.2) is 53.4 Å². The lowest BCUT2D eigenvalue weighted by atomic mass is 10.0. The highest BCUT2D eigenvalue weighted by Crippen LogP contribution is 2.28. The van der Waals surface area contributed by atoms with Crippen molar-refractivity contribution < 1.29 is 17.8 Å². The van der Waals surface area contributed by atoms with Gasteiger partial charge >= 0.3 is 0 Å². The van der Waals surface area contributed by atoms with Crippen molar-refractivity contribution in [3.8, 4) is 11.1 Å². The summed E-state index contributed by atoms with van der Waals surface area (Å²) in [7, 11) is -4.17. The Kier molecular flexibility index (Phi) is 4.39. The second-order valence-corrected chi connectivity index (χ2v) is 5.50. The highest BCUT2D eigenvalue weighted by atomic mass is 32.2. The predicted molar refractivity (Wildman–Crippen MR) is 76.9 cm³/mol. The molecule has 0 unspecified atom stereocenters. The van der Waals surface area contributed by atoms with Gasteiger partial charge in [0, 0.05) is 5.56 Å². The molecule has 0 aromatic heterocycles. The molecule has 2 rings (SSSR count). The maximum Gasteiger partial charge on any atom is 0.294 e. The first-order valence-corrected chi connectivity index (χ1v) is 7.51. The van der Waals surface area contributed by atoms with E-state index in [2.05, 4.69) is 5.48 Å². The number of nitrogens with one attached hydrogen (secondary N) is 1. The molecule has 106 valence electrons. The molecule has 0 bridgehead atoms. The fourth-order valence-electron chi connectivity index (χ4n) is 1.78. The number of hydrogen-bond acceptors (Lipinski definition) is 4. The Morgan fingerprint density at radius 3 is 2.35 bits per heavy atom. The monoisotopic (exact) mass is 293 g/mol. The molecule has 0 spiro atoms. The van der Waals surface area contributed by atoms with Crippen LogP contribution in [-0.2, 0) is 15.0 Å². The lowest BCUT2D eigenvalue weighted by Crippen LogP contribution is -2.01. The van der Waals surface area contributed by atoms with Crippen LogP contribution in [0.3, 0.4) is 0 Å². The van der Waals surface area contributed by atoms with Gasteiger partial charge < -0.3 is 0 Å². The number of rotatable bonds is 5. The highest BCUT2D eigenvalue weighted by Gasteiger charge is 2.10. The van der Waals surface area contributed by atoms with Gasteiger partial charge in [-0.2, -0.15) is 8.42 Å². The highest BCUT2D eigenvalue weighted by molar-refractivity contribution is 7.85. The van der Waals surface area contributed by atoms with Crippen molar-refractivity contribution in [3.05, 3.63) is 48.5 Å². The van der Waals surface area contributed by atoms with Gasteiger partial charge in [-0.3, -0.25) is 14.9 Å². The van der Waals surface area contributed by atoms with Gasteiger partial charge in [0.25, 0.3) is 10.1 Å². The smallest absolute Gasteiger partial charge is 0.282 e. The second-order valence-electron chi connectivity index (χ2n) is 4.08. The molecule has 0 amide bonds. The summed E-state index contributed by atoms with van der Waals surface area (Å²) in [6.45, 7) is 2.40. The fourth-order valence-corrected chi connectivity index (χ4v) is 2.26. The summed E-state index contributed by atoms with van der Waals surface area (Å²) in [4.78, 5) is 5.05. The second kappa shape index (κ2) is 6.04. The van der Waals surface area contributed by atoms with Crippen molar-refractivity contribution in [3.63, 3.8) is 0 Å². The van der Waals surface area contributed by atoms with Gasteiger partial charge in [-0.05, 0) is 30.7 Å². The fraction of sp³-hybridized carbons (Fsp3) is 0.143. The molecule has 0 heterocycles. The van der Waals surface area contributed by atoms with E-state index in [0.29, 0.717) is 6.61 Å². The lowest BCUT2D eigenvalue weighted by Gasteiger charge is -2.11. The molecule has 0 radical (unpaired) electrons. The minimum Gasteiger partial charge on any atom is -0.282 e. The van der Waals surface area contributed by atoms with Gasteiger partial charge in [-0.15, -0.1) is 0 Å². The molecule has 0 saturated heterocycles. The van der Waals surface area contributed by atoms with E-state index in [0.717, 1.165) is 16.8 Å².